The summed E-state index contributed by atoms with van der Waals surface area (Å²) in [4.78, 5) is 14.4. The van der Waals surface area contributed by atoms with Crippen LogP contribution in [0.2, 0.25) is 0 Å². The molecule has 4 nitrogen and oxygen atoms in total. The van der Waals surface area contributed by atoms with Crippen molar-refractivity contribution < 1.29 is 13.6 Å². The van der Waals surface area contributed by atoms with E-state index in [1.54, 1.807) is 6.92 Å². The van der Waals surface area contributed by atoms with E-state index in [2.05, 4.69) is 5.32 Å². The molecular weight excluding hydrogens is 372 g/mol. The van der Waals surface area contributed by atoms with Crippen LogP contribution in [0.1, 0.15) is 24.5 Å². The Balaban J connectivity index is 0.00000261. The van der Waals surface area contributed by atoms with Crippen molar-refractivity contribution in [3.63, 3.8) is 0 Å². The van der Waals surface area contributed by atoms with Gasteiger partial charge in [0.25, 0.3) is 0 Å². The molecule has 1 amide bonds. The molecule has 0 aromatic heterocycles. The Hall–Kier alpha value is -2.34. The number of benzene rings is 2. The summed E-state index contributed by atoms with van der Waals surface area (Å²) in [5, 5.41) is 2.83. The minimum absolute atomic E-state index is 0. The van der Waals surface area contributed by atoms with Crippen molar-refractivity contribution >= 4 is 29.7 Å². The summed E-state index contributed by atoms with van der Waals surface area (Å²) in [6, 6.07) is 9.12. The fourth-order valence-electron chi connectivity index (χ4n) is 3.47. The van der Waals surface area contributed by atoms with E-state index in [0.29, 0.717) is 0 Å². The highest BCUT2D eigenvalue weighted by Gasteiger charge is 2.21. The molecule has 1 atom stereocenters. The lowest BCUT2D eigenvalue weighted by molar-refractivity contribution is -0.120. The van der Waals surface area contributed by atoms with Crippen LogP contribution in [0, 0.1) is 11.6 Å². The maximum absolute atomic E-state index is 13.8. The molecule has 1 heterocycles. The van der Waals surface area contributed by atoms with Crippen LogP contribution in [0.25, 0.3) is 0 Å². The molecule has 0 radical (unpaired) electrons. The second-order valence-corrected chi connectivity index (χ2v) is 6.74. The first kappa shape index (κ1) is 21.0. The number of fused-ring (bicyclic) bond motifs is 1. The Morgan fingerprint density at radius 2 is 1.89 bits per heavy atom. The summed E-state index contributed by atoms with van der Waals surface area (Å²) in [5.41, 5.74) is 8.84. The van der Waals surface area contributed by atoms with E-state index in [1.807, 2.05) is 23.1 Å². The molecule has 0 saturated carbocycles. The first-order valence-electron chi connectivity index (χ1n) is 8.80. The van der Waals surface area contributed by atoms with E-state index < -0.39 is 11.6 Å². The zero-order chi connectivity index (χ0) is 18.7. The molecule has 2 aromatic carbocycles. The highest BCUT2D eigenvalue weighted by molar-refractivity contribution is 5.85. The van der Waals surface area contributed by atoms with Crippen LogP contribution in [-0.4, -0.2) is 25.0 Å². The smallest absolute Gasteiger partial charge is 0.239 e. The maximum atomic E-state index is 13.8. The topological polar surface area (TPSA) is 58.4 Å². The van der Waals surface area contributed by atoms with Gasteiger partial charge in [0.2, 0.25) is 5.91 Å². The van der Waals surface area contributed by atoms with Crippen molar-refractivity contribution in [1.82, 2.24) is 5.32 Å². The monoisotopic (exact) mass is 395 g/mol. The zero-order valence-electron chi connectivity index (χ0n) is 15.2. The Labute approximate surface area is 164 Å². The van der Waals surface area contributed by atoms with E-state index in [4.69, 9.17) is 5.73 Å². The van der Waals surface area contributed by atoms with Gasteiger partial charge < -0.3 is 16.0 Å². The number of anilines is 2. The first-order valence-corrected chi connectivity index (χ1v) is 8.80. The van der Waals surface area contributed by atoms with Crippen LogP contribution >= 0.6 is 12.4 Å². The molecule has 2 aromatic rings. The van der Waals surface area contributed by atoms with Gasteiger partial charge in [0.15, 0.2) is 0 Å². The SMILES string of the molecule is CC(Cc1c(F)cccc1F)NC(=O)CN1CCCc2c(N)cccc21.Cl. The third-order valence-corrected chi connectivity index (χ3v) is 4.70. The van der Waals surface area contributed by atoms with Gasteiger partial charge in [-0.1, -0.05) is 12.1 Å². The summed E-state index contributed by atoms with van der Waals surface area (Å²) < 4.78 is 27.5. The normalized spacial score (nSPS) is 14.1. The van der Waals surface area contributed by atoms with E-state index in [0.717, 1.165) is 36.3 Å². The van der Waals surface area contributed by atoms with Gasteiger partial charge in [-0.3, -0.25) is 4.79 Å². The van der Waals surface area contributed by atoms with Crippen molar-refractivity contribution in [1.29, 1.82) is 0 Å². The Morgan fingerprint density at radius 3 is 2.59 bits per heavy atom. The second-order valence-electron chi connectivity index (χ2n) is 6.74. The molecule has 0 fully saturated rings. The summed E-state index contributed by atoms with van der Waals surface area (Å²) in [7, 11) is 0. The fourth-order valence-corrected chi connectivity index (χ4v) is 3.47. The van der Waals surface area contributed by atoms with Gasteiger partial charge in [-0.25, -0.2) is 8.78 Å². The number of rotatable bonds is 5. The maximum Gasteiger partial charge on any atom is 0.239 e. The summed E-state index contributed by atoms with van der Waals surface area (Å²) in [5.74, 6) is -1.36. The number of nitrogens with one attached hydrogen (secondary N) is 1. The van der Waals surface area contributed by atoms with E-state index in [1.165, 1.54) is 18.2 Å². The fraction of sp³-hybridized carbons (Fsp3) is 0.350. The van der Waals surface area contributed by atoms with Gasteiger partial charge in [-0.15, -0.1) is 12.4 Å². The number of carbonyl (C=O) groups is 1. The number of amides is 1. The van der Waals surface area contributed by atoms with E-state index in [9.17, 15) is 13.6 Å². The molecule has 1 aliphatic rings. The predicted octanol–water partition coefficient (Wildman–Crippen LogP) is 3.47. The van der Waals surface area contributed by atoms with Crippen molar-refractivity contribution in [3.8, 4) is 0 Å². The van der Waals surface area contributed by atoms with Crippen molar-refractivity contribution in [2.24, 2.45) is 0 Å². The van der Waals surface area contributed by atoms with Gasteiger partial charge in [0, 0.05) is 29.5 Å². The largest absolute Gasteiger partial charge is 0.398 e. The molecule has 1 aliphatic heterocycles. The number of nitrogens with two attached hydrogens (primary N) is 1. The third-order valence-electron chi connectivity index (χ3n) is 4.70. The highest BCUT2D eigenvalue weighted by atomic mass is 35.5. The number of carbonyl (C=O) groups excluding carboxylic acids is 1. The molecule has 146 valence electrons. The minimum Gasteiger partial charge on any atom is -0.398 e. The third kappa shape index (κ3) is 4.89. The van der Waals surface area contributed by atoms with Crippen LogP contribution in [-0.2, 0) is 17.6 Å². The zero-order valence-corrected chi connectivity index (χ0v) is 16.0. The van der Waals surface area contributed by atoms with Crippen LogP contribution in [0.3, 0.4) is 0 Å². The molecule has 3 N–H and O–H groups in total. The lowest BCUT2D eigenvalue weighted by Crippen LogP contribution is -2.43. The average Bonchev–Trinajstić information content (AvgIpc) is 2.59. The minimum atomic E-state index is -0.591. The standard InChI is InChI=1S/C20H23F2N3O.ClH/c1-13(11-15-16(21)6-2-7-17(15)22)24-20(26)12-25-10-4-5-14-18(23)8-3-9-19(14)25;/h2-3,6-9,13H,4-5,10-12,23H2,1H3,(H,24,26);1H. The molecule has 1 unspecified atom stereocenters. The summed E-state index contributed by atoms with van der Waals surface area (Å²) in [6.45, 7) is 2.71. The van der Waals surface area contributed by atoms with Gasteiger partial charge in [0.05, 0.1) is 6.54 Å². The lowest BCUT2D eigenvalue weighted by Gasteiger charge is -2.31. The molecule has 0 bridgehead atoms. The van der Waals surface area contributed by atoms with Gasteiger partial charge >= 0.3 is 0 Å². The molecule has 0 aliphatic carbocycles. The van der Waals surface area contributed by atoms with Crippen LogP contribution in [0.5, 0.6) is 0 Å². The van der Waals surface area contributed by atoms with E-state index in [-0.39, 0.29) is 42.9 Å². The molecular formula is C20H24ClF2N3O. The van der Waals surface area contributed by atoms with Gasteiger partial charge in [0.1, 0.15) is 11.6 Å². The number of halogens is 3. The van der Waals surface area contributed by atoms with Crippen LogP contribution in [0.4, 0.5) is 20.2 Å². The molecule has 3 rings (SSSR count). The van der Waals surface area contributed by atoms with Crippen LogP contribution < -0.4 is 16.0 Å². The summed E-state index contributed by atoms with van der Waals surface area (Å²) in [6.07, 6.45) is 1.95. The number of hydrogen-bond donors (Lipinski definition) is 2. The predicted molar refractivity (Wildman–Crippen MR) is 106 cm³/mol. The van der Waals surface area contributed by atoms with Crippen molar-refractivity contribution in [3.05, 3.63) is 59.2 Å². The highest BCUT2D eigenvalue weighted by Crippen LogP contribution is 2.30. The second kappa shape index (κ2) is 9.04. The Morgan fingerprint density at radius 1 is 1.22 bits per heavy atom. The average molecular weight is 396 g/mol. The molecule has 7 heteroatoms. The Kier molecular flexibility index (Phi) is 7.02. The van der Waals surface area contributed by atoms with Crippen molar-refractivity contribution in [2.45, 2.75) is 32.2 Å². The lowest BCUT2D eigenvalue weighted by atomic mass is 10.00. The molecule has 0 saturated heterocycles. The van der Waals surface area contributed by atoms with Crippen LogP contribution in [0.15, 0.2) is 36.4 Å². The quantitative estimate of drug-likeness (QED) is 0.762. The Bertz CT molecular complexity index is 796. The van der Waals surface area contributed by atoms with Gasteiger partial charge in [-0.05, 0) is 56.0 Å². The summed E-state index contributed by atoms with van der Waals surface area (Å²) >= 11 is 0. The number of nitrogens with zero attached hydrogens (tertiary/aromatic N) is 1. The number of nitrogen functional groups attached to an aromatic ring is 1. The van der Waals surface area contributed by atoms with E-state index >= 15 is 0 Å². The molecule has 27 heavy (non-hydrogen) atoms. The first-order chi connectivity index (χ1) is 12.5. The van der Waals surface area contributed by atoms with Crippen molar-refractivity contribution in [2.75, 3.05) is 23.7 Å². The van der Waals surface area contributed by atoms with Gasteiger partial charge in [-0.2, -0.15) is 0 Å². The molecule has 0 spiro atoms. The number of hydrogen-bond acceptors (Lipinski definition) is 3.